The molecule has 3 aromatic rings. The van der Waals surface area contributed by atoms with Gasteiger partial charge in [0, 0.05) is 22.3 Å². The monoisotopic (exact) mass is 481 g/mol. The highest BCUT2D eigenvalue weighted by Gasteiger charge is 2.45. The SMILES string of the molecule is Cc1ccc(-c2ccc([C@@H]3[C@H](c4ccccn4)NC(=S)N3C3CCCC3)o2)c(Br)c1. The Kier molecular flexibility index (Phi) is 5.37. The molecule has 2 atom stereocenters. The zero-order valence-electron chi connectivity index (χ0n) is 16.8. The lowest BCUT2D eigenvalue weighted by Crippen LogP contribution is -2.37. The maximum Gasteiger partial charge on any atom is 0.170 e. The van der Waals surface area contributed by atoms with Gasteiger partial charge in [-0.25, -0.2) is 0 Å². The number of halogens is 1. The van der Waals surface area contributed by atoms with Gasteiger partial charge in [0.15, 0.2) is 5.11 Å². The van der Waals surface area contributed by atoms with E-state index in [0.29, 0.717) is 6.04 Å². The topological polar surface area (TPSA) is 41.3 Å². The van der Waals surface area contributed by atoms with Gasteiger partial charge in [0.2, 0.25) is 0 Å². The van der Waals surface area contributed by atoms with Crippen LogP contribution in [0.15, 0.2) is 63.6 Å². The molecule has 0 amide bonds. The molecule has 1 saturated carbocycles. The summed E-state index contributed by atoms with van der Waals surface area (Å²) in [5, 5.41) is 4.34. The Morgan fingerprint density at radius 1 is 1.13 bits per heavy atom. The Bertz CT molecular complexity index is 1060. The highest BCUT2D eigenvalue weighted by molar-refractivity contribution is 9.10. The summed E-state index contributed by atoms with van der Waals surface area (Å²) in [6, 6.07) is 16.9. The first kappa shape index (κ1) is 19.8. The highest BCUT2D eigenvalue weighted by atomic mass is 79.9. The van der Waals surface area contributed by atoms with E-state index in [1.807, 2.05) is 18.3 Å². The lowest BCUT2D eigenvalue weighted by atomic mass is 10.0. The van der Waals surface area contributed by atoms with E-state index in [2.05, 4.69) is 74.5 Å². The fourth-order valence-corrected chi connectivity index (χ4v) is 5.80. The smallest absolute Gasteiger partial charge is 0.170 e. The molecule has 1 aliphatic heterocycles. The number of hydrogen-bond donors (Lipinski definition) is 1. The molecule has 30 heavy (non-hydrogen) atoms. The summed E-state index contributed by atoms with van der Waals surface area (Å²) in [4.78, 5) is 6.99. The minimum Gasteiger partial charge on any atom is -0.459 e. The predicted molar refractivity (Wildman–Crippen MR) is 126 cm³/mol. The molecule has 3 heterocycles. The Morgan fingerprint density at radius 2 is 1.97 bits per heavy atom. The quantitative estimate of drug-likeness (QED) is 0.441. The first-order valence-electron chi connectivity index (χ1n) is 10.5. The molecule has 2 aliphatic rings. The van der Waals surface area contributed by atoms with E-state index < -0.39 is 0 Å². The van der Waals surface area contributed by atoms with Crippen molar-refractivity contribution in [2.24, 2.45) is 0 Å². The van der Waals surface area contributed by atoms with Gasteiger partial charge in [0.25, 0.3) is 0 Å². The second-order valence-electron chi connectivity index (χ2n) is 8.16. The van der Waals surface area contributed by atoms with Crippen molar-refractivity contribution in [2.45, 2.75) is 50.7 Å². The molecule has 1 aliphatic carbocycles. The molecule has 4 nitrogen and oxygen atoms in total. The van der Waals surface area contributed by atoms with E-state index in [1.165, 1.54) is 31.2 Å². The second kappa shape index (κ2) is 8.16. The zero-order valence-corrected chi connectivity index (χ0v) is 19.2. The van der Waals surface area contributed by atoms with Crippen LogP contribution in [0.1, 0.15) is 54.8 Å². The van der Waals surface area contributed by atoms with E-state index in [1.54, 1.807) is 0 Å². The van der Waals surface area contributed by atoms with Gasteiger partial charge in [0.1, 0.15) is 17.6 Å². The third-order valence-electron chi connectivity index (χ3n) is 6.16. The van der Waals surface area contributed by atoms with Crippen molar-refractivity contribution in [1.29, 1.82) is 0 Å². The van der Waals surface area contributed by atoms with Gasteiger partial charge in [-0.2, -0.15) is 0 Å². The van der Waals surface area contributed by atoms with Gasteiger partial charge in [-0.3, -0.25) is 4.98 Å². The van der Waals surface area contributed by atoms with Gasteiger partial charge in [0.05, 0.1) is 11.7 Å². The van der Waals surface area contributed by atoms with Crippen LogP contribution in [0.25, 0.3) is 11.3 Å². The fourth-order valence-electron chi connectivity index (χ4n) is 4.72. The highest BCUT2D eigenvalue weighted by Crippen LogP contribution is 2.44. The third-order valence-corrected chi connectivity index (χ3v) is 7.15. The van der Waals surface area contributed by atoms with E-state index in [9.17, 15) is 0 Å². The van der Waals surface area contributed by atoms with Crippen molar-refractivity contribution in [3.8, 4) is 11.3 Å². The van der Waals surface area contributed by atoms with Crippen LogP contribution in [0.2, 0.25) is 0 Å². The van der Waals surface area contributed by atoms with E-state index in [4.69, 9.17) is 16.6 Å². The average Bonchev–Trinajstić information content (AvgIpc) is 3.48. The number of aromatic nitrogens is 1. The van der Waals surface area contributed by atoms with Crippen molar-refractivity contribution >= 4 is 33.3 Å². The Balaban J connectivity index is 1.55. The van der Waals surface area contributed by atoms with Crippen LogP contribution in [0.3, 0.4) is 0 Å². The molecule has 0 bridgehead atoms. The molecule has 154 valence electrons. The molecule has 1 N–H and O–H groups in total. The Labute approximate surface area is 190 Å². The van der Waals surface area contributed by atoms with E-state index in [-0.39, 0.29) is 12.1 Å². The van der Waals surface area contributed by atoms with Crippen LogP contribution in [0.5, 0.6) is 0 Å². The van der Waals surface area contributed by atoms with Crippen LogP contribution in [0, 0.1) is 6.92 Å². The van der Waals surface area contributed by atoms with Crippen LogP contribution >= 0.6 is 28.1 Å². The molecule has 0 spiro atoms. The van der Waals surface area contributed by atoms with Crippen LogP contribution < -0.4 is 5.32 Å². The molecular weight excluding hydrogens is 458 g/mol. The largest absolute Gasteiger partial charge is 0.459 e. The summed E-state index contributed by atoms with van der Waals surface area (Å²) in [6.07, 6.45) is 6.69. The number of aryl methyl sites for hydroxylation is 1. The first-order chi connectivity index (χ1) is 14.6. The van der Waals surface area contributed by atoms with Crippen molar-refractivity contribution in [3.05, 3.63) is 76.2 Å². The van der Waals surface area contributed by atoms with Gasteiger partial charge < -0.3 is 14.6 Å². The summed E-state index contributed by atoms with van der Waals surface area (Å²) < 4.78 is 7.50. The molecule has 0 radical (unpaired) electrons. The number of rotatable bonds is 4. The maximum atomic E-state index is 6.47. The number of pyridine rings is 1. The van der Waals surface area contributed by atoms with Crippen molar-refractivity contribution in [1.82, 2.24) is 15.2 Å². The maximum absolute atomic E-state index is 6.47. The number of nitrogens with zero attached hydrogens (tertiary/aromatic N) is 2. The molecule has 2 aromatic heterocycles. The summed E-state index contributed by atoms with van der Waals surface area (Å²) in [6.45, 7) is 2.09. The van der Waals surface area contributed by atoms with Gasteiger partial charge in [-0.15, -0.1) is 0 Å². The van der Waals surface area contributed by atoms with Crippen molar-refractivity contribution < 1.29 is 4.42 Å². The molecular formula is C24H24BrN3OS. The van der Waals surface area contributed by atoms with E-state index >= 15 is 0 Å². The number of hydrogen-bond acceptors (Lipinski definition) is 3. The van der Waals surface area contributed by atoms with Gasteiger partial charge >= 0.3 is 0 Å². The Morgan fingerprint density at radius 3 is 2.70 bits per heavy atom. The third kappa shape index (κ3) is 3.56. The summed E-state index contributed by atoms with van der Waals surface area (Å²) >= 11 is 9.49. The fraction of sp³-hybridized carbons (Fsp3) is 0.333. The normalized spacial score (nSPS) is 21.9. The van der Waals surface area contributed by atoms with Crippen LogP contribution in [-0.4, -0.2) is 21.0 Å². The molecule has 2 fully saturated rings. The van der Waals surface area contributed by atoms with Crippen LogP contribution in [0.4, 0.5) is 0 Å². The molecule has 0 unspecified atom stereocenters. The summed E-state index contributed by atoms with van der Waals surface area (Å²) in [5.41, 5.74) is 3.26. The molecule has 6 heteroatoms. The minimum atomic E-state index is -0.0280. The standard InChI is InChI=1S/C24H24BrN3OS/c1-15-9-10-17(18(25)14-15)20-11-12-21(29-20)23-22(19-8-4-5-13-26-19)27-24(30)28(23)16-6-2-3-7-16/h4-5,8-14,16,22-23H,2-3,6-7H2,1H3,(H,27,30)/t22-,23+/m0/s1. The number of nitrogens with one attached hydrogen (secondary N) is 1. The predicted octanol–water partition coefficient (Wildman–Crippen LogP) is 6.33. The average molecular weight is 482 g/mol. The number of benzene rings is 1. The van der Waals surface area contributed by atoms with Crippen molar-refractivity contribution in [2.75, 3.05) is 0 Å². The summed E-state index contributed by atoms with van der Waals surface area (Å²) in [5.74, 6) is 1.79. The minimum absolute atomic E-state index is 0.00604. The molecule has 1 aromatic carbocycles. The molecule has 1 saturated heterocycles. The second-order valence-corrected chi connectivity index (χ2v) is 9.40. The summed E-state index contributed by atoms with van der Waals surface area (Å²) in [7, 11) is 0. The van der Waals surface area contributed by atoms with Gasteiger partial charge in [-0.1, -0.05) is 40.9 Å². The lowest BCUT2D eigenvalue weighted by Gasteiger charge is -2.31. The molecule has 5 rings (SSSR count). The van der Waals surface area contributed by atoms with Crippen molar-refractivity contribution in [3.63, 3.8) is 0 Å². The lowest BCUT2D eigenvalue weighted by molar-refractivity contribution is 0.218. The van der Waals surface area contributed by atoms with E-state index in [0.717, 1.165) is 32.4 Å². The number of thiocarbonyl (C=S) groups is 1. The Hall–Kier alpha value is -2.18. The van der Waals surface area contributed by atoms with Crippen LogP contribution in [-0.2, 0) is 0 Å². The first-order valence-corrected chi connectivity index (χ1v) is 11.7. The van der Waals surface area contributed by atoms with Gasteiger partial charge in [-0.05, 0) is 73.9 Å². The number of furan rings is 1. The zero-order chi connectivity index (χ0) is 20.7.